The average molecular weight is 355 g/mol. The van der Waals surface area contributed by atoms with Gasteiger partial charge in [0, 0.05) is 23.6 Å². The van der Waals surface area contributed by atoms with Gasteiger partial charge in [-0.1, -0.05) is 12.1 Å². The van der Waals surface area contributed by atoms with Crippen LogP contribution in [0, 0.1) is 0 Å². The molecule has 1 aliphatic rings. The highest BCUT2D eigenvalue weighted by Gasteiger charge is 2.26. The predicted octanol–water partition coefficient (Wildman–Crippen LogP) is 2.80. The van der Waals surface area contributed by atoms with Crippen molar-refractivity contribution in [3.05, 3.63) is 34.3 Å². The number of amides is 2. The smallest absolute Gasteiger partial charge is 0.407 e. The van der Waals surface area contributed by atoms with E-state index in [-0.39, 0.29) is 11.9 Å². The van der Waals surface area contributed by atoms with Crippen LogP contribution in [0.3, 0.4) is 0 Å². The minimum absolute atomic E-state index is 0.0159. The Morgan fingerprint density at radius 2 is 2.19 bits per heavy atom. The highest BCUT2D eigenvalue weighted by molar-refractivity contribution is 9.10. The Morgan fingerprint density at radius 3 is 2.90 bits per heavy atom. The van der Waals surface area contributed by atoms with Crippen LogP contribution >= 0.6 is 15.9 Å². The third-order valence-electron chi connectivity index (χ3n) is 3.41. The standard InChI is InChI=1S/C15H19BrN2O3/c1-2-21-15(20)17-11-6-5-9-18(10-11)14(19)12-7-3-4-8-13(12)16/h3-4,7-8,11H,2,5-6,9-10H2,1H3,(H,17,20)/t11-/m0/s1. The van der Waals surface area contributed by atoms with Gasteiger partial charge in [0.1, 0.15) is 0 Å². The number of nitrogens with zero attached hydrogens (tertiary/aromatic N) is 1. The zero-order chi connectivity index (χ0) is 15.2. The van der Waals surface area contributed by atoms with Gasteiger partial charge < -0.3 is 15.0 Å². The Morgan fingerprint density at radius 1 is 1.43 bits per heavy atom. The van der Waals surface area contributed by atoms with E-state index in [1.54, 1.807) is 17.9 Å². The maximum atomic E-state index is 12.5. The van der Waals surface area contributed by atoms with Crippen LogP contribution in [-0.2, 0) is 4.74 Å². The van der Waals surface area contributed by atoms with Gasteiger partial charge >= 0.3 is 6.09 Å². The van der Waals surface area contributed by atoms with Gasteiger partial charge in [-0.25, -0.2) is 4.79 Å². The first-order chi connectivity index (χ1) is 10.1. The zero-order valence-corrected chi connectivity index (χ0v) is 13.6. The Labute approximate surface area is 132 Å². The summed E-state index contributed by atoms with van der Waals surface area (Å²) in [6.07, 6.45) is 1.31. The lowest BCUT2D eigenvalue weighted by Crippen LogP contribution is -2.49. The molecule has 1 heterocycles. The molecule has 0 saturated carbocycles. The summed E-state index contributed by atoms with van der Waals surface area (Å²) in [5.41, 5.74) is 0.647. The van der Waals surface area contributed by atoms with E-state index >= 15 is 0 Å². The normalized spacial score (nSPS) is 18.2. The topological polar surface area (TPSA) is 58.6 Å². The monoisotopic (exact) mass is 354 g/mol. The van der Waals surface area contributed by atoms with Crippen molar-refractivity contribution >= 4 is 27.9 Å². The highest BCUT2D eigenvalue weighted by Crippen LogP contribution is 2.20. The molecule has 1 aliphatic heterocycles. The fraction of sp³-hybridized carbons (Fsp3) is 0.467. The van der Waals surface area contributed by atoms with E-state index in [0.717, 1.165) is 17.3 Å². The molecule has 21 heavy (non-hydrogen) atoms. The molecule has 1 N–H and O–H groups in total. The van der Waals surface area contributed by atoms with E-state index in [1.165, 1.54) is 0 Å². The average Bonchev–Trinajstić information content (AvgIpc) is 2.47. The summed E-state index contributed by atoms with van der Waals surface area (Å²) in [7, 11) is 0. The summed E-state index contributed by atoms with van der Waals surface area (Å²) < 4.78 is 5.67. The van der Waals surface area contributed by atoms with E-state index in [0.29, 0.717) is 25.3 Å². The Kier molecular flexibility index (Phi) is 5.61. The van der Waals surface area contributed by atoms with Gasteiger partial charge in [0.15, 0.2) is 0 Å². The Bertz CT molecular complexity index is 521. The van der Waals surface area contributed by atoms with Crippen LogP contribution in [0.5, 0.6) is 0 Å². The van der Waals surface area contributed by atoms with Crippen molar-refractivity contribution in [2.24, 2.45) is 0 Å². The second-order valence-corrected chi connectivity index (χ2v) is 5.79. The summed E-state index contributed by atoms with van der Waals surface area (Å²) >= 11 is 3.40. The van der Waals surface area contributed by atoms with Gasteiger partial charge in [0.05, 0.1) is 12.2 Å². The molecular formula is C15H19BrN2O3. The van der Waals surface area contributed by atoms with E-state index in [2.05, 4.69) is 21.2 Å². The van der Waals surface area contributed by atoms with Crippen LogP contribution in [0.4, 0.5) is 4.79 Å². The number of piperidine rings is 1. The third kappa shape index (κ3) is 4.20. The van der Waals surface area contributed by atoms with Crippen molar-refractivity contribution in [3.63, 3.8) is 0 Å². The van der Waals surface area contributed by atoms with Gasteiger partial charge in [0.25, 0.3) is 5.91 Å². The largest absolute Gasteiger partial charge is 0.450 e. The molecule has 0 aromatic heterocycles. The van der Waals surface area contributed by atoms with Crippen LogP contribution in [0.15, 0.2) is 28.7 Å². The van der Waals surface area contributed by atoms with Crippen molar-refractivity contribution in [2.75, 3.05) is 19.7 Å². The Balaban J connectivity index is 1.99. The summed E-state index contributed by atoms with van der Waals surface area (Å²) in [5.74, 6) is -0.0159. The lowest BCUT2D eigenvalue weighted by Gasteiger charge is -2.33. The maximum absolute atomic E-state index is 12.5. The molecule has 1 aromatic rings. The molecule has 114 valence electrons. The number of halogens is 1. The molecular weight excluding hydrogens is 336 g/mol. The van der Waals surface area contributed by atoms with E-state index in [1.807, 2.05) is 18.2 Å². The molecule has 5 nitrogen and oxygen atoms in total. The number of nitrogens with one attached hydrogen (secondary N) is 1. The molecule has 0 spiro atoms. The molecule has 0 unspecified atom stereocenters. The fourth-order valence-electron chi connectivity index (χ4n) is 2.42. The first-order valence-corrected chi connectivity index (χ1v) is 7.88. The molecule has 6 heteroatoms. The number of likely N-dealkylation sites (tertiary alicyclic amines) is 1. The molecule has 1 atom stereocenters. The van der Waals surface area contributed by atoms with Crippen LogP contribution in [0.2, 0.25) is 0 Å². The predicted molar refractivity (Wildman–Crippen MR) is 83.2 cm³/mol. The highest BCUT2D eigenvalue weighted by atomic mass is 79.9. The van der Waals surface area contributed by atoms with Crippen LogP contribution < -0.4 is 5.32 Å². The zero-order valence-electron chi connectivity index (χ0n) is 12.0. The van der Waals surface area contributed by atoms with Gasteiger partial charge in [0.2, 0.25) is 0 Å². The van der Waals surface area contributed by atoms with Gasteiger partial charge in [-0.05, 0) is 47.8 Å². The van der Waals surface area contributed by atoms with Crippen molar-refractivity contribution in [2.45, 2.75) is 25.8 Å². The molecule has 0 radical (unpaired) electrons. The number of rotatable bonds is 3. The van der Waals surface area contributed by atoms with Gasteiger partial charge in [-0.2, -0.15) is 0 Å². The molecule has 1 saturated heterocycles. The second kappa shape index (κ2) is 7.45. The first-order valence-electron chi connectivity index (χ1n) is 7.09. The third-order valence-corrected chi connectivity index (χ3v) is 4.10. The van der Waals surface area contributed by atoms with Crippen molar-refractivity contribution < 1.29 is 14.3 Å². The minimum Gasteiger partial charge on any atom is -0.450 e. The number of carbonyl (C=O) groups excluding carboxylic acids is 2. The summed E-state index contributed by atoms with van der Waals surface area (Å²) in [5, 5.41) is 2.80. The lowest BCUT2D eigenvalue weighted by atomic mass is 10.0. The Hall–Kier alpha value is -1.56. The van der Waals surface area contributed by atoms with Crippen LogP contribution in [0.25, 0.3) is 0 Å². The molecule has 0 bridgehead atoms. The molecule has 0 aliphatic carbocycles. The molecule has 2 rings (SSSR count). The fourth-order valence-corrected chi connectivity index (χ4v) is 2.88. The molecule has 2 amide bonds. The number of carbonyl (C=O) groups is 2. The minimum atomic E-state index is -0.419. The van der Waals surface area contributed by atoms with Gasteiger partial charge in [-0.15, -0.1) is 0 Å². The first kappa shape index (κ1) is 15.8. The summed E-state index contributed by atoms with van der Waals surface area (Å²) in [6, 6.07) is 7.32. The van der Waals surface area contributed by atoms with E-state index in [4.69, 9.17) is 4.74 Å². The van der Waals surface area contributed by atoms with E-state index < -0.39 is 6.09 Å². The molecule has 1 aromatic carbocycles. The van der Waals surface area contributed by atoms with Gasteiger partial charge in [-0.3, -0.25) is 4.79 Å². The van der Waals surface area contributed by atoms with Crippen LogP contribution in [0.1, 0.15) is 30.1 Å². The quantitative estimate of drug-likeness (QED) is 0.907. The number of hydrogen-bond donors (Lipinski definition) is 1. The number of alkyl carbamates (subject to hydrolysis) is 1. The second-order valence-electron chi connectivity index (χ2n) is 4.93. The number of benzene rings is 1. The van der Waals surface area contributed by atoms with Crippen LogP contribution in [-0.4, -0.2) is 42.6 Å². The summed E-state index contributed by atoms with van der Waals surface area (Å²) in [4.78, 5) is 25.8. The van der Waals surface area contributed by atoms with Crippen molar-refractivity contribution in [1.29, 1.82) is 0 Å². The maximum Gasteiger partial charge on any atom is 0.407 e. The molecule has 1 fully saturated rings. The summed E-state index contributed by atoms with van der Waals surface area (Å²) in [6.45, 7) is 3.33. The SMILES string of the molecule is CCOC(=O)N[C@H]1CCCN(C(=O)c2ccccc2Br)C1. The number of hydrogen-bond acceptors (Lipinski definition) is 3. The van der Waals surface area contributed by atoms with E-state index in [9.17, 15) is 9.59 Å². The van der Waals surface area contributed by atoms with Crippen molar-refractivity contribution in [1.82, 2.24) is 10.2 Å². The lowest BCUT2D eigenvalue weighted by molar-refractivity contribution is 0.0685. The van der Waals surface area contributed by atoms with Crippen molar-refractivity contribution in [3.8, 4) is 0 Å². The number of ether oxygens (including phenoxy) is 1.